The summed E-state index contributed by atoms with van der Waals surface area (Å²) in [7, 11) is 0. The molecule has 0 aliphatic rings. The average Bonchev–Trinajstić information content (AvgIpc) is 2.58. The number of rotatable bonds is 17. The predicted molar refractivity (Wildman–Crippen MR) is 103 cm³/mol. The third-order valence-electron chi connectivity index (χ3n) is 4.30. The second-order valence-electron chi connectivity index (χ2n) is 6.80. The molecule has 0 amide bonds. The van der Waals surface area contributed by atoms with Gasteiger partial charge in [-0.25, -0.2) is 4.79 Å². The van der Waals surface area contributed by atoms with Gasteiger partial charge in [0.05, 0.1) is 0 Å². The SMILES string of the molecule is CCCCCCCCC=CCCCCCCCC(=O)O[C@@H](C)C(=O)O. The molecule has 0 aromatic carbocycles. The van der Waals surface area contributed by atoms with Crippen LogP contribution in [0.15, 0.2) is 12.2 Å². The van der Waals surface area contributed by atoms with Crippen LogP contribution in [0.25, 0.3) is 0 Å². The first-order valence-electron chi connectivity index (χ1n) is 10.1. The van der Waals surface area contributed by atoms with Crippen LogP contribution < -0.4 is 0 Å². The molecule has 0 heterocycles. The third-order valence-corrected chi connectivity index (χ3v) is 4.30. The minimum Gasteiger partial charge on any atom is -0.479 e. The van der Waals surface area contributed by atoms with Gasteiger partial charge in [-0.05, 0) is 39.0 Å². The van der Waals surface area contributed by atoms with Crippen molar-refractivity contribution in [2.24, 2.45) is 0 Å². The number of esters is 1. The molecule has 25 heavy (non-hydrogen) atoms. The maximum atomic E-state index is 11.4. The number of carboxylic acids is 1. The van der Waals surface area contributed by atoms with E-state index in [0.29, 0.717) is 6.42 Å². The summed E-state index contributed by atoms with van der Waals surface area (Å²) in [4.78, 5) is 22.0. The fraction of sp³-hybridized carbons (Fsp3) is 0.810. The van der Waals surface area contributed by atoms with Gasteiger partial charge in [0.25, 0.3) is 0 Å². The summed E-state index contributed by atoms with van der Waals surface area (Å²) in [6, 6.07) is 0. The largest absolute Gasteiger partial charge is 0.479 e. The van der Waals surface area contributed by atoms with E-state index in [1.165, 1.54) is 64.7 Å². The molecule has 0 bridgehead atoms. The second-order valence-corrected chi connectivity index (χ2v) is 6.80. The van der Waals surface area contributed by atoms with Crippen LogP contribution >= 0.6 is 0 Å². The molecule has 0 aromatic rings. The van der Waals surface area contributed by atoms with Crippen molar-refractivity contribution in [1.82, 2.24) is 0 Å². The van der Waals surface area contributed by atoms with Gasteiger partial charge in [0.2, 0.25) is 0 Å². The van der Waals surface area contributed by atoms with Gasteiger partial charge < -0.3 is 9.84 Å². The van der Waals surface area contributed by atoms with E-state index in [-0.39, 0.29) is 0 Å². The number of hydrogen-bond acceptors (Lipinski definition) is 3. The zero-order chi connectivity index (χ0) is 18.8. The topological polar surface area (TPSA) is 63.6 Å². The highest BCUT2D eigenvalue weighted by atomic mass is 16.6. The molecular weight excluding hydrogens is 316 g/mol. The fourth-order valence-corrected chi connectivity index (χ4v) is 2.65. The Morgan fingerprint density at radius 1 is 0.840 bits per heavy atom. The van der Waals surface area contributed by atoms with Gasteiger partial charge in [0.1, 0.15) is 0 Å². The van der Waals surface area contributed by atoms with Crippen molar-refractivity contribution >= 4 is 11.9 Å². The number of carboxylic acid groups (broad SMARTS) is 1. The van der Waals surface area contributed by atoms with Crippen molar-refractivity contribution in [3.05, 3.63) is 12.2 Å². The van der Waals surface area contributed by atoms with Crippen LogP contribution in [-0.2, 0) is 14.3 Å². The van der Waals surface area contributed by atoms with E-state index in [2.05, 4.69) is 19.1 Å². The Morgan fingerprint density at radius 3 is 1.84 bits per heavy atom. The maximum absolute atomic E-state index is 11.4. The van der Waals surface area contributed by atoms with Gasteiger partial charge in [-0.15, -0.1) is 0 Å². The molecule has 0 aliphatic heterocycles. The van der Waals surface area contributed by atoms with Crippen molar-refractivity contribution in [3.63, 3.8) is 0 Å². The van der Waals surface area contributed by atoms with Crippen LogP contribution in [0, 0.1) is 0 Å². The summed E-state index contributed by atoms with van der Waals surface area (Å²) in [6.07, 6.45) is 19.7. The summed E-state index contributed by atoms with van der Waals surface area (Å²) in [5.74, 6) is -1.51. The van der Waals surface area contributed by atoms with E-state index >= 15 is 0 Å². The summed E-state index contributed by atoms with van der Waals surface area (Å²) >= 11 is 0. The van der Waals surface area contributed by atoms with Crippen LogP contribution in [0.5, 0.6) is 0 Å². The lowest BCUT2D eigenvalue weighted by molar-refractivity contribution is -0.162. The Labute approximate surface area is 154 Å². The number of ether oxygens (including phenoxy) is 1. The van der Waals surface area contributed by atoms with Gasteiger partial charge in [-0.1, -0.05) is 70.4 Å². The molecule has 0 rings (SSSR count). The molecule has 0 saturated heterocycles. The van der Waals surface area contributed by atoms with E-state index < -0.39 is 18.0 Å². The number of allylic oxidation sites excluding steroid dienone is 2. The molecule has 0 radical (unpaired) electrons. The highest BCUT2D eigenvalue weighted by Gasteiger charge is 2.15. The second kappa shape index (κ2) is 17.5. The minimum atomic E-state index is -1.10. The Morgan fingerprint density at radius 2 is 1.32 bits per heavy atom. The lowest BCUT2D eigenvalue weighted by Crippen LogP contribution is -2.23. The molecule has 1 N–H and O–H groups in total. The van der Waals surface area contributed by atoms with Gasteiger partial charge in [0, 0.05) is 6.42 Å². The van der Waals surface area contributed by atoms with Gasteiger partial charge in [0.15, 0.2) is 6.10 Å². The van der Waals surface area contributed by atoms with E-state index in [0.717, 1.165) is 25.7 Å². The van der Waals surface area contributed by atoms with E-state index in [4.69, 9.17) is 9.84 Å². The van der Waals surface area contributed by atoms with Crippen LogP contribution in [-0.4, -0.2) is 23.1 Å². The molecule has 1 atom stereocenters. The van der Waals surface area contributed by atoms with Crippen molar-refractivity contribution in [2.45, 2.75) is 110 Å². The number of carbonyl (C=O) groups excluding carboxylic acids is 1. The van der Waals surface area contributed by atoms with Gasteiger partial charge in [-0.3, -0.25) is 4.79 Å². The Bertz CT molecular complexity index is 363. The van der Waals surface area contributed by atoms with Crippen molar-refractivity contribution in [2.75, 3.05) is 0 Å². The monoisotopic (exact) mass is 354 g/mol. The molecule has 0 aliphatic carbocycles. The lowest BCUT2D eigenvalue weighted by atomic mass is 10.1. The molecule has 0 fully saturated rings. The quantitative estimate of drug-likeness (QED) is 0.196. The average molecular weight is 355 g/mol. The van der Waals surface area contributed by atoms with Crippen LogP contribution in [0.2, 0.25) is 0 Å². The fourth-order valence-electron chi connectivity index (χ4n) is 2.65. The molecule has 0 spiro atoms. The highest BCUT2D eigenvalue weighted by molar-refractivity contribution is 5.77. The Hall–Kier alpha value is -1.32. The van der Waals surface area contributed by atoms with Crippen molar-refractivity contribution in [1.29, 1.82) is 0 Å². The van der Waals surface area contributed by atoms with Gasteiger partial charge in [-0.2, -0.15) is 0 Å². The van der Waals surface area contributed by atoms with Crippen LogP contribution in [0.3, 0.4) is 0 Å². The van der Waals surface area contributed by atoms with Gasteiger partial charge >= 0.3 is 11.9 Å². The molecule has 146 valence electrons. The Kier molecular flexibility index (Phi) is 16.6. The molecule has 0 aromatic heterocycles. The first kappa shape index (κ1) is 23.7. The molecule has 0 saturated carbocycles. The highest BCUT2D eigenvalue weighted by Crippen LogP contribution is 2.10. The number of hydrogen-bond donors (Lipinski definition) is 1. The number of aliphatic carboxylic acids is 1. The standard InChI is InChI=1S/C21H38O4/c1-3-4-5-6-7-8-9-10-11-12-13-14-15-16-17-18-20(22)25-19(2)21(23)24/h10-11,19H,3-9,12-18H2,1-2H3,(H,23,24)/t19-/m0/s1. The van der Waals surface area contributed by atoms with Crippen LogP contribution in [0.1, 0.15) is 104 Å². The first-order chi connectivity index (χ1) is 12.1. The predicted octanol–water partition coefficient (Wildman–Crippen LogP) is 6.04. The summed E-state index contributed by atoms with van der Waals surface area (Å²) in [5.41, 5.74) is 0. The first-order valence-corrected chi connectivity index (χ1v) is 10.1. The van der Waals surface area contributed by atoms with E-state index in [9.17, 15) is 9.59 Å². The van der Waals surface area contributed by atoms with Crippen LogP contribution in [0.4, 0.5) is 0 Å². The molecule has 4 nitrogen and oxygen atoms in total. The zero-order valence-electron chi connectivity index (χ0n) is 16.3. The zero-order valence-corrected chi connectivity index (χ0v) is 16.3. The number of carbonyl (C=O) groups is 2. The maximum Gasteiger partial charge on any atom is 0.344 e. The normalized spacial score (nSPS) is 12.4. The minimum absolute atomic E-state index is 0.315. The Balaban J connectivity index is 3.29. The number of unbranched alkanes of at least 4 members (excludes halogenated alkanes) is 11. The van der Waals surface area contributed by atoms with E-state index in [1.54, 1.807) is 0 Å². The molecular formula is C21H38O4. The molecule has 4 heteroatoms. The third kappa shape index (κ3) is 17.3. The lowest BCUT2D eigenvalue weighted by Gasteiger charge is -2.08. The summed E-state index contributed by atoms with van der Waals surface area (Å²) in [5, 5.41) is 8.65. The smallest absolute Gasteiger partial charge is 0.344 e. The molecule has 0 unspecified atom stereocenters. The van der Waals surface area contributed by atoms with Crippen molar-refractivity contribution < 1.29 is 19.4 Å². The van der Waals surface area contributed by atoms with Crippen molar-refractivity contribution in [3.8, 4) is 0 Å². The van der Waals surface area contributed by atoms with E-state index in [1.807, 2.05) is 0 Å². The summed E-state index contributed by atoms with van der Waals surface area (Å²) in [6.45, 7) is 3.62. The summed E-state index contributed by atoms with van der Waals surface area (Å²) < 4.78 is 4.78.